The average Bonchev–Trinajstić information content (AvgIpc) is 2.26. The van der Waals surface area contributed by atoms with Crippen LogP contribution in [0.15, 0.2) is 34.2 Å². The van der Waals surface area contributed by atoms with Crippen LogP contribution in [-0.4, -0.2) is 52.2 Å². The molecule has 1 aromatic rings. The van der Waals surface area contributed by atoms with E-state index < -0.39 is 10.0 Å². The second kappa shape index (κ2) is 5.29. The number of aliphatic imine (C=N–C) groups is 1. The van der Waals surface area contributed by atoms with Crippen molar-refractivity contribution in [2.45, 2.75) is 4.90 Å². The molecule has 0 radical (unpaired) electrons. The molecule has 0 bridgehead atoms. The summed E-state index contributed by atoms with van der Waals surface area (Å²) in [7, 11) is 3.20. The summed E-state index contributed by atoms with van der Waals surface area (Å²) in [4.78, 5) is 6.11. The summed E-state index contributed by atoms with van der Waals surface area (Å²) in [6.45, 7) is 0. The molecule has 0 spiro atoms. The standard InChI is InChI=1S/C11H17N3O2S/c1-13(2)9-12-10-7-5-6-8-11(10)17(15,16)14(3)4/h5-9H,1-4H3. The summed E-state index contributed by atoms with van der Waals surface area (Å²) in [5.41, 5.74) is 0.440. The number of benzene rings is 1. The summed E-state index contributed by atoms with van der Waals surface area (Å²) in [6, 6.07) is 6.68. The molecule has 0 unspecified atom stereocenters. The van der Waals surface area contributed by atoms with Gasteiger partial charge < -0.3 is 4.90 Å². The fourth-order valence-electron chi connectivity index (χ4n) is 1.16. The first kappa shape index (κ1) is 13.7. The molecule has 0 aliphatic heterocycles. The van der Waals surface area contributed by atoms with Crippen molar-refractivity contribution in [3.05, 3.63) is 24.3 Å². The highest BCUT2D eigenvalue weighted by molar-refractivity contribution is 7.89. The van der Waals surface area contributed by atoms with E-state index in [-0.39, 0.29) is 4.90 Å². The molecule has 94 valence electrons. The SMILES string of the molecule is CN(C)C=Nc1ccccc1S(=O)(=O)N(C)C. The Balaban J connectivity index is 3.27. The number of sulfonamides is 1. The van der Waals surface area contributed by atoms with Crippen LogP contribution in [0, 0.1) is 0 Å². The van der Waals surface area contributed by atoms with E-state index in [1.807, 2.05) is 14.1 Å². The Kier molecular flexibility index (Phi) is 4.25. The second-order valence-corrected chi connectivity index (χ2v) is 6.08. The zero-order valence-electron chi connectivity index (χ0n) is 10.5. The third-order valence-electron chi connectivity index (χ3n) is 2.05. The quantitative estimate of drug-likeness (QED) is 0.599. The van der Waals surface area contributed by atoms with Crippen molar-refractivity contribution in [2.75, 3.05) is 28.2 Å². The Labute approximate surface area is 102 Å². The predicted molar refractivity (Wildman–Crippen MR) is 69.2 cm³/mol. The van der Waals surface area contributed by atoms with Crippen molar-refractivity contribution in [3.8, 4) is 0 Å². The van der Waals surface area contributed by atoms with E-state index in [9.17, 15) is 8.42 Å². The summed E-state index contributed by atoms with van der Waals surface area (Å²) in [5, 5.41) is 0. The molecule has 6 heteroatoms. The molecule has 0 amide bonds. The molecule has 0 N–H and O–H groups in total. The van der Waals surface area contributed by atoms with Gasteiger partial charge in [0.1, 0.15) is 4.90 Å². The van der Waals surface area contributed by atoms with Crippen LogP contribution >= 0.6 is 0 Å². The van der Waals surface area contributed by atoms with Crippen molar-refractivity contribution < 1.29 is 8.42 Å². The van der Waals surface area contributed by atoms with Gasteiger partial charge in [0.25, 0.3) is 0 Å². The molecule has 0 aliphatic carbocycles. The summed E-state index contributed by atoms with van der Waals surface area (Å²) < 4.78 is 25.2. The van der Waals surface area contributed by atoms with Crippen LogP contribution in [0.25, 0.3) is 0 Å². The fraction of sp³-hybridized carbons (Fsp3) is 0.364. The topological polar surface area (TPSA) is 53.0 Å². The Morgan fingerprint density at radius 3 is 2.24 bits per heavy atom. The highest BCUT2D eigenvalue weighted by Crippen LogP contribution is 2.25. The summed E-state index contributed by atoms with van der Waals surface area (Å²) in [6.07, 6.45) is 1.57. The molecule has 17 heavy (non-hydrogen) atoms. The van der Waals surface area contributed by atoms with Crippen molar-refractivity contribution >= 4 is 22.0 Å². The lowest BCUT2D eigenvalue weighted by Gasteiger charge is -2.13. The van der Waals surface area contributed by atoms with Crippen molar-refractivity contribution in [3.63, 3.8) is 0 Å². The highest BCUT2D eigenvalue weighted by Gasteiger charge is 2.20. The largest absolute Gasteiger partial charge is 0.369 e. The van der Waals surface area contributed by atoms with Gasteiger partial charge in [-0.15, -0.1) is 0 Å². The van der Waals surface area contributed by atoms with E-state index in [2.05, 4.69) is 4.99 Å². The Morgan fingerprint density at radius 2 is 1.71 bits per heavy atom. The lowest BCUT2D eigenvalue weighted by Crippen LogP contribution is -2.22. The number of para-hydroxylation sites is 1. The van der Waals surface area contributed by atoms with Gasteiger partial charge in [-0.05, 0) is 12.1 Å². The van der Waals surface area contributed by atoms with E-state index in [1.165, 1.54) is 18.4 Å². The van der Waals surface area contributed by atoms with Crippen molar-refractivity contribution in [1.82, 2.24) is 9.21 Å². The molecular formula is C11H17N3O2S. The maximum absolute atomic E-state index is 12.0. The third-order valence-corrected chi connectivity index (χ3v) is 3.91. The van der Waals surface area contributed by atoms with E-state index in [1.54, 1.807) is 35.5 Å². The monoisotopic (exact) mass is 255 g/mol. The van der Waals surface area contributed by atoms with E-state index >= 15 is 0 Å². The molecule has 0 aromatic heterocycles. The van der Waals surface area contributed by atoms with E-state index in [4.69, 9.17) is 0 Å². The van der Waals surface area contributed by atoms with E-state index in [0.29, 0.717) is 5.69 Å². The van der Waals surface area contributed by atoms with E-state index in [0.717, 1.165) is 0 Å². The summed E-state index contributed by atoms with van der Waals surface area (Å²) in [5.74, 6) is 0. The minimum absolute atomic E-state index is 0.211. The normalized spacial score (nSPS) is 12.3. The maximum Gasteiger partial charge on any atom is 0.244 e. The molecule has 0 heterocycles. The van der Waals surface area contributed by atoms with Crippen LogP contribution in [0.4, 0.5) is 5.69 Å². The molecule has 0 aliphatic rings. The highest BCUT2D eigenvalue weighted by atomic mass is 32.2. The first-order chi connectivity index (χ1) is 7.85. The summed E-state index contributed by atoms with van der Waals surface area (Å²) >= 11 is 0. The Hall–Kier alpha value is -1.40. The number of nitrogens with zero attached hydrogens (tertiary/aromatic N) is 3. The lowest BCUT2D eigenvalue weighted by atomic mass is 10.3. The smallest absolute Gasteiger partial charge is 0.244 e. The van der Waals surface area contributed by atoms with Gasteiger partial charge in [-0.2, -0.15) is 0 Å². The lowest BCUT2D eigenvalue weighted by molar-refractivity contribution is 0.521. The van der Waals surface area contributed by atoms with Crippen LogP contribution in [0.2, 0.25) is 0 Å². The number of hydrogen-bond acceptors (Lipinski definition) is 3. The predicted octanol–water partition coefficient (Wildman–Crippen LogP) is 1.16. The van der Waals surface area contributed by atoms with Gasteiger partial charge >= 0.3 is 0 Å². The first-order valence-electron chi connectivity index (χ1n) is 5.08. The van der Waals surface area contributed by atoms with Gasteiger partial charge in [0.05, 0.1) is 12.0 Å². The molecule has 0 fully saturated rings. The maximum atomic E-state index is 12.0. The van der Waals surface area contributed by atoms with Gasteiger partial charge in [-0.25, -0.2) is 17.7 Å². The Bertz CT molecular complexity index is 507. The second-order valence-electron chi connectivity index (χ2n) is 3.96. The first-order valence-corrected chi connectivity index (χ1v) is 6.52. The van der Waals surface area contributed by atoms with Crippen LogP contribution in [0.3, 0.4) is 0 Å². The molecular weight excluding hydrogens is 238 g/mol. The fourth-order valence-corrected chi connectivity index (χ4v) is 2.19. The van der Waals surface area contributed by atoms with Gasteiger partial charge in [-0.3, -0.25) is 0 Å². The third kappa shape index (κ3) is 3.28. The van der Waals surface area contributed by atoms with Gasteiger partial charge in [0.2, 0.25) is 10.0 Å². The zero-order valence-corrected chi connectivity index (χ0v) is 11.3. The molecule has 0 saturated heterocycles. The number of hydrogen-bond donors (Lipinski definition) is 0. The van der Waals surface area contributed by atoms with Gasteiger partial charge in [0, 0.05) is 28.2 Å². The van der Waals surface area contributed by atoms with Crippen molar-refractivity contribution in [1.29, 1.82) is 0 Å². The minimum atomic E-state index is -3.45. The van der Waals surface area contributed by atoms with Crippen LogP contribution in [0.5, 0.6) is 0 Å². The average molecular weight is 255 g/mol. The van der Waals surface area contributed by atoms with Gasteiger partial charge in [-0.1, -0.05) is 12.1 Å². The van der Waals surface area contributed by atoms with Crippen LogP contribution < -0.4 is 0 Å². The van der Waals surface area contributed by atoms with Crippen LogP contribution in [0.1, 0.15) is 0 Å². The zero-order chi connectivity index (χ0) is 13.1. The molecule has 5 nitrogen and oxygen atoms in total. The molecule has 0 saturated carbocycles. The van der Waals surface area contributed by atoms with Crippen LogP contribution in [-0.2, 0) is 10.0 Å². The number of rotatable bonds is 4. The molecule has 1 rings (SSSR count). The van der Waals surface area contributed by atoms with Gasteiger partial charge in [0.15, 0.2) is 0 Å². The Morgan fingerprint density at radius 1 is 1.12 bits per heavy atom. The van der Waals surface area contributed by atoms with Crippen molar-refractivity contribution in [2.24, 2.45) is 4.99 Å². The molecule has 1 aromatic carbocycles. The minimum Gasteiger partial charge on any atom is -0.369 e. The molecule has 0 atom stereocenters.